The number of anilines is 1. The van der Waals surface area contributed by atoms with Crippen molar-refractivity contribution in [1.29, 1.82) is 0 Å². The summed E-state index contributed by atoms with van der Waals surface area (Å²) in [6, 6.07) is 10.7. The van der Waals surface area contributed by atoms with Crippen molar-refractivity contribution in [2.75, 3.05) is 24.6 Å². The van der Waals surface area contributed by atoms with Crippen molar-refractivity contribution in [3.63, 3.8) is 0 Å². The molecule has 10 heteroatoms. The minimum absolute atomic E-state index is 0.0116. The number of alkyl halides is 2. The van der Waals surface area contributed by atoms with Crippen LogP contribution in [0.2, 0.25) is 0 Å². The van der Waals surface area contributed by atoms with Crippen LogP contribution in [0.15, 0.2) is 53.8 Å². The molecule has 2 aromatic heterocycles. The molecule has 0 aliphatic carbocycles. The van der Waals surface area contributed by atoms with E-state index in [-0.39, 0.29) is 37.2 Å². The van der Waals surface area contributed by atoms with E-state index in [9.17, 15) is 8.78 Å². The average Bonchev–Trinajstić information content (AvgIpc) is 3.38. The van der Waals surface area contributed by atoms with E-state index in [4.69, 9.17) is 15.2 Å². The summed E-state index contributed by atoms with van der Waals surface area (Å²) in [5, 5.41) is 0. The van der Waals surface area contributed by atoms with Gasteiger partial charge in [-0.05, 0) is 29.8 Å². The van der Waals surface area contributed by atoms with E-state index >= 15 is 4.39 Å². The molecule has 1 aromatic carbocycles. The zero-order valence-electron chi connectivity index (χ0n) is 17.3. The molecule has 0 radical (unpaired) electrons. The van der Waals surface area contributed by atoms with Crippen molar-refractivity contribution in [3.8, 4) is 22.6 Å². The van der Waals surface area contributed by atoms with Crippen molar-refractivity contribution in [1.82, 2.24) is 9.97 Å². The Balaban J connectivity index is 1.53. The number of ether oxygens (including phenoxy) is 2. The van der Waals surface area contributed by atoms with E-state index in [1.807, 2.05) is 24.3 Å². The molecule has 168 valence electrons. The van der Waals surface area contributed by atoms with Gasteiger partial charge in [-0.15, -0.1) is 0 Å². The molecule has 7 nitrogen and oxygen atoms in total. The summed E-state index contributed by atoms with van der Waals surface area (Å²) >= 11 is 0. The first-order valence-corrected chi connectivity index (χ1v) is 10.4. The highest BCUT2D eigenvalue weighted by Gasteiger charge is 2.49. The molecule has 6 rings (SSSR count). The topological polar surface area (TPSA) is 85.9 Å². The quantitative estimate of drug-likeness (QED) is 0.594. The minimum atomic E-state index is -2.85. The summed E-state index contributed by atoms with van der Waals surface area (Å²) in [6.07, 6.45) is 3.09. The first-order valence-electron chi connectivity index (χ1n) is 10.4. The Morgan fingerprint density at radius 1 is 1.09 bits per heavy atom. The fourth-order valence-corrected chi connectivity index (χ4v) is 4.60. The lowest BCUT2D eigenvalue weighted by Crippen LogP contribution is -2.33. The van der Waals surface area contributed by atoms with Crippen LogP contribution in [0.3, 0.4) is 0 Å². The molecule has 1 fully saturated rings. The molecule has 33 heavy (non-hydrogen) atoms. The number of hydrogen-bond acceptors (Lipinski definition) is 7. The number of nitrogens with zero attached hydrogens (tertiary/aromatic N) is 4. The van der Waals surface area contributed by atoms with Gasteiger partial charge in [-0.1, -0.05) is 12.1 Å². The second-order valence-electron chi connectivity index (χ2n) is 8.33. The molecule has 2 N–H and O–H groups in total. The average molecular weight is 453 g/mol. The Labute approximate surface area is 186 Å². The van der Waals surface area contributed by atoms with E-state index in [2.05, 4.69) is 15.0 Å². The fourth-order valence-electron chi connectivity index (χ4n) is 4.60. The summed E-state index contributed by atoms with van der Waals surface area (Å²) in [5.74, 6) is -3.39. The maximum Gasteiger partial charge on any atom is 0.283 e. The Morgan fingerprint density at radius 3 is 2.67 bits per heavy atom. The van der Waals surface area contributed by atoms with Gasteiger partial charge in [0.15, 0.2) is 11.3 Å². The van der Waals surface area contributed by atoms with Gasteiger partial charge >= 0.3 is 0 Å². The molecular formula is C23H18F3N5O2. The molecule has 0 saturated carbocycles. The Bertz CT molecular complexity index is 1300. The van der Waals surface area contributed by atoms with Crippen LogP contribution in [0.5, 0.6) is 11.5 Å². The maximum atomic E-state index is 15.2. The highest BCUT2D eigenvalue weighted by Crippen LogP contribution is 2.53. The monoisotopic (exact) mass is 453 g/mol. The zero-order chi connectivity index (χ0) is 22.8. The SMILES string of the molecule is NC1=NC2(CO1)c1cc(-c3cccnc3)ccc1Oc1c2cc(N2CCC(F)(F)C2)nc1F. The lowest BCUT2D eigenvalue weighted by atomic mass is 9.80. The molecular weight excluding hydrogens is 435 g/mol. The van der Waals surface area contributed by atoms with Crippen LogP contribution in [0.1, 0.15) is 17.5 Å². The predicted octanol–water partition coefficient (Wildman–Crippen LogP) is 3.82. The van der Waals surface area contributed by atoms with Crippen molar-refractivity contribution >= 4 is 11.8 Å². The molecule has 0 amide bonds. The Hall–Kier alpha value is -3.82. The van der Waals surface area contributed by atoms with Crippen LogP contribution >= 0.6 is 0 Å². The van der Waals surface area contributed by atoms with Gasteiger partial charge in [-0.3, -0.25) is 4.98 Å². The number of fused-ring (bicyclic) bond motifs is 4. The second kappa shape index (κ2) is 6.84. The van der Waals surface area contributed by atoms with Gasteiger partial charge in [0.1, 0.15) is 18.2 Å². The highest BCUT2D eigenvalue weighted by molar-refractivity contribution is 5.78. The molecule has 1 saturated heterocycles. The molecule has 1 atom stereocenters. The summed E-state index contributed by atoms with van der Waals surface area (Å²) in [7, 11) is 0. The summed E-state index contributed by atoms with van der Waals surface area (Å²) in [5.41, 5.74) is 7.37. The van der Waals surface area contributed by atoms with E-state index in [0.717, 1.165) is 11.1 Å². The first kappa shape index (κ1) is 19.8. The molecule has 0 bridgehead atoms. The van der Waals surface area contributed by atoms with Crippen LogP contribution < -0.4 is 15.4 Å². The molecule has 3 aliphatic rings. The molecule has 5 heterocycles. The molecule has 1 spiro atoms. The van der Waals surface area contributed by atoms with Gasteiger partial charge < -0.3 is 20.1 Å². The molecule has 3 aromatic rings. The van der Waals surface area contributed by atoms with Crippen LogP contribution in [-0.4, -0.2) is 41.6 Å². The van der Waals surface area contributed by atoms with E-state index in [1.165, 1.54) is 4.90 Å². The number of nitrogens with two attached hydrogens (primary N) is 1. The smallest absolute Gasteiger partial charge is 0.283 e. The van der Waals surface area contributed by atoms with E-state index < -0.39 is 24.0 Å². The van der Waals surface area contributed by atoms with Gasteiger partial charge in [-0.25, -0.2) is 13.8 Å². The lowest BCUT2D eigenvalue weighted by molar-refractivity contribution is 0.0256. The van der Waals surface area contributed by atoms with Crippen molar-refractivity contribution in [3.05, 3.63) is 65.9 Å². The first-order chi connectivity index (χ1) is 15.8. The van der Waals surface area contributed by atoms with Crippen molar-refractivity contribution in [2.45, 2.75) is 17.9 Å². The molecule has 3 aliphatic heterocycles. The van der Waals surface area contributed by atoms with Crippen LogP contribution in [0.4, 0.5) is 19.0 Å². The fraction of sp³-hybridized carbons (Fsp3) is 0.261. The van der Waals surface area contributed by atoms with Crippen LogP contribution in [-0.2, 0) is 10.3 Å². The number of amidine groups is 1. The number of rotatable bonds is 2. The third-order valence-electron chi connectivity index (χ3n) is 6.22. The Morgan fingerprint density at radius 2 is 1.97 bits per heavy atom. The van der Waals surface area contributed by atoms with Crippen LogP contribution in [0, 0.1) is 5.95 Å². The van der Waals surface area contributed by atoms with Gasteiger partial charge in [0, 0.05) is 42.0 Å². The third-order valence-corrected chi connectivity index (χ3v) is 6.22. The van der Waals surface area contributed by atoms with Crippen LogP contribution in [0.25, 0.3) is 11.1 Å². The Kier molecular flexibility index (Phi) is 4.11. The third kappa shape index (κ3) is 3.08. The second-order valence-corrected chi connectivity index (χ2v) is 8.33. The number of aromatic nitrogens is 2. The van der Waals surface area contributed by atoms with Gasteiger partial charge in [-0.2, -0.15) is 9.37 Å². The van der Waals surface area contributed by atoms with Crippen molar-refractivity contribution in [2.24, 2.45) is 10.7 Å². The summed E-state index contributed by atoms with van der Waals surface area (Å²) in [6.45, 7) is -0.455. The normalized spacial score (nSPS) is 22.4. The maximum absolute atomic E-state index is 15.2. The summed E-state index contributed by atoms with van der Waals surface area (Å²) < 4.78 is 54.2. The lowest BCUT2D eigenvalue weighted by Gasteiger charge is -2.34. The predicted molar refractivity (Wildman–Crippen MR) is 114 cm³/mol. The van der Waals surface area contributed by atoms with Crippen molar-refractivity contribution < 1.29 is 22.6 Å². The van der Waals surface area contributed by atoms with E-state index in [1.54, 1.807) is 24.5 Å². The summed E-state index contributed by atoms with van der Waals surface area (Å²) in [4.78, 5) is 14.0. The number of halogens is 3. The number of benzene rings is 1. The highest BCUT2D eigenvalue weighted by atomic mass is 19.3. The van der Waals surface area contributed by atoms with E-state index in [0.29, 0.717) is 16.9 Å². The minimum Gasteiger partial charge on any atom is -0.462 e. The molecule has 1 unspecified atom stereocenters. The largest absolute Gasteiger partial charge is 0.462 e. The van der Waals surface area contributed by atoms with Gasteiger partial charge in [0.05, 0.1) is 6.54 Å². The zero-order valence-corrected chi connectivity index (χ0v) is 17.3. The number of pyridine rings is 2. The number of aliphatic imine (C=N–C) groups is 1. The standard InChI is InChI=1S/C23H18F3N5O2/c24-20-19-16(9-18(29-20)31-7-5-22(25,26)11-31)23(12-32-21(27)30-23)15-8-13(3-4-17(15)33-19)14-2-1-6-28-10-14/h1-4,6,8-10H,5,7,11-12H2,(H2,27,30). The van der Waals surface area contributed by atoms with Gasteiger partial charge in [0.2, 0.25) is 0 Å². The van der Waals surface area contributed by atoms with Gasteiger partial charge in [0.25, 0.3) is 17.9 Å². The number of hydrogen-bond donors (Lipinski definition) is 1.